The molecule has 2 rings (SSSR count). The standard InChI is InChI=1S/C14H10Br2N2O2S/c1-9-2-3-10(8-17)6-14(9)21(19,20)18-13-5-4-11(15)7-12(13)16/h2-7,18H,1H3. The summed E-state index contributed by atoms with van der Waals surface area (Å²) in [4.78, 5) is 0.0939. The highest BCUT2D eigenvalue weighted by molar-refractivity contribution is 9.11. The molecule has 0 saturated heterocycles. The van der Waals surface area contributed by atoms with E-state index in [-0.39, 0.29) is 4.90 Å². The van der Waals surface area contributed by atoms with Gasteiger partial charge in [0.05, 0.1) is 22.2 Å². The van der Waals surface area contributed by atoms with Gasteiger partial charge in [-0.05, 0) is 58.7 Å². The molecule has 0 amide bonds. The molecule has 0 saturated carbocycles. The van der Waals surface area contributed by atoms with Gasteiger partial charge in [0.25, 0.3) is 10.0 Å². The fourth-order valence-electron chi connectivity index (χ4n) is 1.73. The van der Waals surface area contributed by atoms with E-state index in [1.807, 2.05) is 6.07 Å². The summed E-state index contributed by atoms with van der Waals surface area (Å²) in [6.45, 7) is 1.69. The lowest BCUT2D eigenvalue weighted by Crippen LogP contribution is -2.14. The number of rotatable bonds is 3. The zero-order valence-electron chi connectivity index (χ0n) is 10.9. The Morgan fingerprint density at radius 2 is 1.86 bits per heavy atom. The molecular weight excluding hydrogens is 420 g/mol. The van der Waals surface area contributed by atoms with Gasteiger partial charge in [0.15, 0.2) is 0 Å². The van der Waals surface area contributed by atoms with E-state index in [1.54, 1.807) is 37.3 Å². The van der Waals surface area contributed by atoms with Crippen molar-refractivity contribution in [3.8, 4) is 6.07 Å². The highest BCUT2D eigenvalue weighted by Gasteiger charge is 2.18. The normalized spacial score (nSPS) is 11.0. The predicted octanol–water partition coefficient (Wildman–Crippen LogP) is 4.19. The van der Waals surface area contributed by atoms with Crippen molar-refractivity contribution in [3.63, 3.8) is 0 Å². The van der Waals surface area contributed by atoms with E-state index in [2.05, 4.69) is 36.6 Å². The van der Waals surface area contributed by atoms with Gasteiger partial charge in [-0.15, -0.1) is 0 Å². The molecule has 2 aromatic carbocycles. The largest absolute Gasteiger partial charge is 0.278 e. The van der Waals surface area contributed by atoms with E-state index in [1.165, 1.54) is 6.07 Å². The molecule has 0 aliphatic heterocycles. The molecule has 21 heavy (non-hydrogen) atoms. The molecule has 108 valence electrons. The summed E-state index contributed by atoms with van der Waals surface area (Å²) in [5.74, 6) is 0. The van der Waals surface area contributed by atoms with Crippen LogP contribution < -0.4 is 4.72 Å². The van der Waals surface area contributed by atoms with E-state index in [0.717, 1.165) is 4.47 Å². The molecule has 0 fully saturated rings. The summed E-state index contributed by atoms with van der Waals surface area (Å²) in [7, 11) is -3.76. The number of halogens is 2. The van der Waals surface area contributed by atoms with Crippen molar-refractivity contribution >= 4 is 47.6 Å². The second-order valence-electron chi connectivity index (χ2n) is 4.32. The molecule has 0 bridgehead atoms. The fraction of sp³-hybridized carbons (Fsp3) is 0.0714. The maximum absolute atomic E-state index is 12.5. The van der Waals surface area contributed by atoms with Gasteiger partial charge < -0.3 is 0 Å². The number of aryl methyl sites for hydroxylation is 1. The average Bonchev–Trinajstić information content (AvgIpc) is 2.42. The number of benzene rings is 2. The van der Waals surface area contributed by atoms with E-state index in [0.29, 0.717) is 21.3 Å². The Hall–Kier alpha value is -1.36. The number of sulfonamides is 1. The number of hydrogen-bond acceptors (Lipinski definition) is 3. The predicted molar refractivity (Wildman–Crippen MR) is 88.5 cm³/mol. The molecule has 0 aliphatic rings. The zero-order chi connectivity index (χ0) is 15.6. The van der Waals surface area contributed by atoms with Crippen molar-refractivity contribution < 1.29 is 8.42 Å². The lowest BCUT2D eigenvalue weighted by atomic mass is 10.2. The lowest BCUT2D eigenvalue weighted by molar-refractivity contribution is 0.600. The van der Waals surface area contributed by atoms with Crippen LogP contribution in [0.2, 0.25) is 0 Å². The van der Waals surface area contributed by atoms with Crippen LogP contribution >= 0.6 is 31.9 Å². The first-order chi connectivity index (χ1) is 9.83. The number of hydrogen-bond donors (Lipinski definition) is 1. The fourth-order valence-corrected chi connectivity index (χ4v) is 4.36. The van der Waals surface area contributed by atoms with Gasteiger partial charge >= 0.3 is 0 Å². The molecule has 0 heterocycles. The third kappa shape index (κ3) is 3.64. The first-order valence-electron chi connectivity index (χ1n) is 5.82. The van der Waals surface area contributed by atoms with Crippen LogP contribution in [0.4, 0.5) is 5.69 Å². The molecule has 7 heteroatoms. The Morgan fingerprint density at radius 1 is 1.14 bits per heavy atom. The van der Waals surface area contributed by atoms with E-state index >= 15 is 0 Å². The van der Waals surface area contributed by atoms with Crippen molar-refractivity contribution in [3.05, 3.63) is 56.5 Å². The average molecular weight is 430 g/mol. The van der Waals surface area contributed by atoms with Gasteiger partial charge in [-0.1, -0.05) is 22.0 Å². The molecule has 0 atom stereocenters. The summed E-state index contributed by atoms with van der Waals surface area (Å²) < 4.78 is 28.9. The second kappa shape index (κ2) is 6.18. The quantitative estimate of drug-likeness (QED) is 0.794. The first-order valence-corrected chi connectivity index (χ1v) is 8.89. The van der Waals surface area contributed by atoms with Gasteiger partial charge in [-0.2, -0.15) is 5.26 Å². The Labute approximate surface area is 140 Å². The molecular formula is C14H10Br2N2O2S. The molecule has 2 aromatic rings. The van der Waals surface area contributed by atoms with Gasteiger partial charge in [-0.3, -0.25) is 4.72 Å². The number of nitriles is 1. The minimum atomic E-state index is -3.76. The number of anilines is 1. The van der Waals surface area contributed by atoms with Crippen LogP contribution in [0.5, 0.6) is 0 Å². The van der Waals surface area contributed by atoms with Gasteiger partial charge in [0.1, 0.15) is 0 Å². The van der Waals surface area contributed by atoms with E-state index < -0.39 is 10.0 Å². The van der Waals surface area contributed by atoms with E-state index in [4.69, 9.17) is 5.26 Å². The molecule has 0 radical (unpaired) electrons. The minimum absolute atomic E-state index is 0.0939. The second-order valence-corrected chi connectivity index (χ2v) is 7.74. The molecule has 1 N–H and O–H groups in total. The van der Waals surface area contributed by atoms with Crippen molar-refractivity contribution in [2.24, 2.45) is 0 Å². The van der Waals surface area contributed by atoms with Crippen LogP contribution in [-0.4, -0.2) is 8.42 Å². The zero-order valence-corrected chi connectivity index (χ0v) is 14.9. The Morgan fingerprint density at radius 3 is 2.48 bits per heavy atom. The third-order valence-electron chi connectivity index (χ3n) is 2.78. The van der Waals surface area contributed by atoms with Crippen molar-refractivity contribution in [2.45, 2.75) is 11.8 Å². The summed E-state index contributed by atoms with van der Waals surface area (Å²) in [6.07, 6.45) is 0. The van der Waals surface area contributed by atoms with Gasteiger partial charge in [0.2, 0.25) is 0 Å². The van der Waals surface area contributed by atoms with Crippen molar-refractivity contribution in [1.82, 2.24) is 0 Å². The Bertz CT molecular complexity index is 843. The van der Waals surface area contributed by atoms with Gasteiger partial charge in [0, 0.05) is 8.95 Å². The Balaban J connectivity index is 2.46. The number of nitrogens with one attached hydrogen (secondary N) is 1. The summed E-state index contributed by atoms with van der Waals surface area (Å²) >= 11 is 6.62. The molecule has 0 spiro atoms. The maximum Gasteiger partial charge on any atom is 0.262 e. The molecule has 0 unspecified atom stereocenters. The molecule has 4 nitrogen and oxygen atoms in total. The lowest BCUT2D eigenvalue weighted by Gasteiger charge is -2.12. The first kappa shape index (κ1) is 16.0. The monoisotopic (exact) mass is 428 g/mol. The van der Waals surface area contributed by atoms with Crippen molar-refractivity contribution in [1.29, 1.82) is 5.26 Å². The van der Waals surface area contributed by atoms with Gasteiger partial charge in [-0.25, -0.2) is 8.42 Å². The SMILES string of the molecule is Cc1ccc(C#N)cc1S(=O)(=O)Nc1ccc(Br)cc1Br. The Kier molecular flexibility index (Phi) is 4.71. The van der Waals surface area contributed by atoms with Crippen LogP contribution in [0.25, 0.3) is 0 Å². The van der Waals surface area contributed by atoms with E-state index in [9.17, 15) is 8.42 Å². The highest BCUT2D eigenvalue weighted by atomic mass is 79.9. The summed E-state index contributed by atoms with van der Waals surface area (Å²) in [5.41, 5.74) is 1.31. The smallest absolute Gasteiger partial charge is 0.262 e. The minimum Gasteiger partial charge on any atom is -0.278 e. The van der Waals surface area contributed by atoms with Crippen LogP contribution in [0.15, 0.2) is 50.2 Å². The maximum atomic E-state index is 12.5. The number of nitrogens with zero attached hydrogens (tertiary/aromatic N) is 1. The highest BCUT2D eigenvalue weighted by Crippen LogP contribution is 2.29. The summed E-state index contributed by atoms with van der Waals surface area (Å²) in [6, 6.07) is 11.6. The van der Waals surface area contributed by atoms with Crippen LogP contribution in [0, 0.1) is 18.3 Å². The molecule has 0 aliphatic carbocycles. The summed E-state index contributed by atoms with van der Waals surface area (Å²) in [5, 5.41) is 8.91. The van der Waals surface area contributed by atoms with Crippen molar-refractivity contribution in [2.75, 3.05) is 4.72 Å². The topological polar surface area (TPSA) is 70.0 Å². The van der Waals surface area contributed by atoms with Crippen LogP contribution in [0.1, 0.15) is 11.1 Å². The van der Waals surface area contributed by atoms with Crippen LogP contribution in [0.3, 0.4) is 0 Å². The third-order valence-corrected chi connectivity index (χ3v) is 5.44. The van der Waals surface area contributed by atoms with Crippen LogP contribution in [-0.2, 0) is 10.0 Å². The molecule has 0 aromatic heterocycles.